The zero-order valence-corrected chi connectivity index (χ0v) is 8.34. The van der Waals surface area contributed by atoms with Crippen molar-refractivity contribution in [2.45, 2.75) is 0 Å². The number of carbonyl (C=O) groups is 2. The van der Waals surface area contributed by atoms with Gasteiger partial charge in [0.25, 0.3) is 0 Å². The number of aromatic nitrogens is 2. The number of fused-ring (bicyclic) bond motifs is 1. The number of hydrogen-bond donors (Lipinski definition) is 2. The highest BCUT2D eigenvalue weighted by molar-refractivity contribution is 6.03. The van der Waals surface area contributed by atoms with Gasteiger partial charge >= 0.3 is 11.9 Å². The Morgan fingerprint density at radius 2 is 2.00 bits per heavy atom. The molecule has 2 aromatic heterocycles. The van der Waals surface area contributed by atoms with Gasteiger partial charge in [-0.1, -0.05) is 0 Å². The molecule has 2 rings (SSSR count). The summed E-state index contributed by atoms with van der Waals surface area (Å²) in [7, 11) is 1.71. The van der Waals surface area contributed by atoms with E-state index in [1.807, 2.05) is 0 Å². The third-order valence-electron chi connectivity index (χ3n) is 2.28. The molecule has 0 atom stereocenters. The van der Waals surface area contributed by atoms with Crippen LogP contribution in [-0.4, -0.2) is 31.7 Å². The summed E-state index contributed by atoms with van der Waals surface area (Å²) in [5.74, 6) is -2.64. The zero-order valence-electron chi connectivity index (χ0n) is 8.34. The molecule has 0 saturated carbocycles. The SMILES string of the molecule is Cn1ccc2cc(C(=O)O)c(C(=O)O)nc21. The smallest absolute Gasteiger partial charge is 0.355 e. The van der Waals surface area contributed by atoms with Crippen LogP contribution in [0.4, 0.5) is 0 Å². The molecule has 0 amide bonds. The van der Waals surface area contributed by atoms with Crippen molar-refractivity contribution in [2.24, 2.45) is 7.05 Å². The predicted molar refractivity (Wildman–Crippen MR) is 54.6 cm³/mol. The van der Waals surface area contributed by atoms with Gasteiger partial charge in [-0.15, -0.1) is 0 Å². The van der Waals surface area contributed by atoms with Crippen LogP contribution in [0.15, 0.2) is 18.3 Å². The zero-order chi connectivity index (χ0) is 11.9. The standard InChI is InChI=1S/C10H8N2O4/c1-12-3-2-5-4-6(9(13)14)7(10(15)16)11-8(5)12/h2-4H,1H3,(H,13,14)(H,15,16). The molecule has 0 bridgehead atoms. The third-order valence-corrected chi connectivity index (χ3v) is 2.28. The third kappa shape index (κ3) is 1.40. The Hall–Kier alpha value is -2.37. The monoisotopic (exact) mass is 220 g/mol. The molecule has 0 aliphatic carbocycles. The lowest BCUT2D eigenvalue weighted by Crippen LogP contribution is -2.11. The topological polar surface area (TPSA) is 92.4 Å². The average molecular weight is 220 g/mol. The van der Waals surface area contributed by atoms with E-state index in [0.717, 1.165) is 0 Å². The van der Waals surface area contributed by atoms with Crippen molar-refractivity contribution in [2.75, 3.05) is 0 Å². The fourth-order valence-corrected chi connectivity index (χ4v) is 1.51. The molecule has 2 aromatic rings. The molecular weight excluding hydrogens is 212 g/mol. The van der Waals surface area contributed by atoms with E-state index in [4.69, 9.17) is 10.2 Å². The summed E-state index contributed by atoms with van der Waals surface area (Å²) >= 11 is 0. The highest BCUT2D eigenvalue weighted by Gasteiger charge is 2.19. The van der Waals surface area contributed by atoms with E-state index in [1.54, 1.807) is 23.9 Å². The minimum absolute atomic E-state index is 0.300. The minimum atomic E-state index is -1.35. The van der Waals surface area contributed by atoms with E-state index in [0.29, 0.717) is 11.0 Å². The number of rotatable bonds is 2. The van der Waals surface area contributed by atoms with Crippen molar-refractivity contribution in [1.82, 2.24) is 9.55 Å². The Morgan fingerprint density at radius 3 is 2.56 bits per heavy atom. The molecule has 16 heavy (non-hydrogen) atoms. The van der Waals surface area contributed by atoms with Gasteiger partial charge in [0.2, 0.25) is 0 Å². The average Bonchev–Trinajstić information content (AvgIpc) is 2.58. The molecular formula is C10H8N2O4. The Morgan fingerprint density at radius 1 is 1.31 bits per heavy atom. The first kappa shape index (κ1) is 10.2. The normalized spacial score (nSPS) is 10.6. The molecule has 0 aromatic carbocycles. The number of carboxylic acid groups (broad SMARTS) is 2. The van der Waals surface area contributed by atoms with Crippen molar-refractivity contribution in [3.05, 3.63) is 29.6 Å². The van der Waals surface area contributed by atoms with Gasteiger partial charge in [-0.05, 0) is 12.1 Å². The van der Waals surface area contributed by atoms with E-state index in [9.17, 15) is 9.59 Å². The van der Waals surface area contributed by atoms with Crippen LogP contribution in [0.25, 0.3) is 11.0 Å². The van der Waals surface area contributed by atoms with Gasteiger partial charge in [0.1, 0.15) is 5.65 Å². The molecule has 0 spiro atoms. The Balaban J connectivity index is 2.83. The molecule has 6 heteroatoms. The maximum absolute atomic E-state index is 10.9. The number of aryl methyl sites for hydroxylation is 1. The summed E-state index contributed by atoms with van der Waals surface area (Å²) in [6, 6.07) is 2.99. The van der Waals surface area contributed by atoms with Crippen LogP contribution in [-0.2, 0) is 7.05 Å². The number of aromatic carboxylic acids is 2. The van der Waals surface area contributed by atoms with Gasteiger partial charge < -0.3 is 14.8 Å². The molecule has 6 nitrogen and oxygen atoms in total. The molecule has 0 aliphatic heterocycles. The lowest BCUT2D eigenvalue weighted by Gasteiger charge is -2.02. The van der Waals surface area contributed by atoms with E-state index >= 15 is 0 Å². The quantitative estimate of drug-likeness (QED) is 0.786. The fraction of sp³-hybridized carbons (Fsp3) is 0.100. The summed E-state index contributed by atoms with van der Waals surface area (Å²) < 4.78 is 1.63. The van der Waals surface area contributed by atoms with Gasteiger partial charge in [-0.3, -0.25) is 0 Å². The molecule has 0 saturated heterocycles. The van der Waals surface area contributed by atoms with Gasteiger partial charge in [0.15, 0.2) is 5.69 Å². The van der Waals surface area contributed by atoms with Crippen LogP contribution in [0.3, 0.4) is 0 Å². The van der Waals surface area contributed by atoms with Crippen molar-refractivity contribution in [3.8, 4) is 0 Å². The van der Waals surface area contributed by atoms with Crippen LogP contribution in [0.2, 0.25) is 0 Å². The molecule has 0 fully saturated rings. The maximum Gasteiger partial charge on any atom is 0.355 e. The second kappa shape index (κ2) is 3.34. The number of pyridine rings is 1. The molecule has 0 radical (unpaired) electrons. The van der Waals surface area contributed by atoms with Crippen LogP contribution in [0.5, 0.6) is 0 Å². The largest absolute Gasteiger partial charge is 0.478 e. The Bertz CT molecular complexity index is 600. The molecule has 0 unspecified atom stereocenters. The first-order valence-electron chi connectivity index (χ1n) is 4.43. The van der Waals surface area contributed by atoms with Crippen molar-refractivity contribution in [1.29, 1.82) is 0 Å². The summed E-state index contributed by atoms with van der Waals surface area (Å²) in [4.78, 5) is 25.6. The Labute approximate surface area is 89.8 Å². The van der Waals surface area contributed by atoms with Gasteiger partial charge in [0.05, 0.1) is 5.56 Å². The van der Waals surface area contributed by atoms with Crippen LogP contribution in [0.1, 0.15) is 20.8 Å². The first-order valence-corrected chi connectivity index (χ1v) is 4.43. The summed E-state index contributed by atoms with van der Waals surface area (Å²) in [5, 5.41) is 18.3. The van der Waals surface area contributed by atoms with E-state index in [1.165, 1.54) is 6.07 Å². The minimum Gasteiger partial charge on any atom is -0.478 e. The van der Waals surface area contributed by atoms with Crippen LogP contribution in [0, 0.1) is 0 Å². The molecule has 0 aliphatic rings. The first-order chi connectivity index (χ1) is 7.50. The second-order valence-electron chi connectivity index (χ2n) is 3.33. The summed E-state index contributed by atoms with van der Waals surface area (Å²) in [5.41, 5.74) is -0.296. The number of hydrogen-bond acceptors (Lipinski definition) is 3. The van der Waals surface area contributed by atoms with E-state index < -0.39 is 17.6 Å². The maximum atomic E-state index is 10.9. The highest BCUT2D eigenvalue weighted by Crippen LogP contribution is 2.17. The number of nitrogens with zero attached hydrogens (tertiary/aromatic N) is 2. The molecule has 2 heterocycles. The second-order valence-corrected chi connectivity index (χ2v) is 3.33. The lowest BCUT2D eigenvalue weighted by atomic mass is 10.1. The van der Waals surface area contributed by atoms with Gasteiger partial charge in [-0.25, -0.2) is 14.6 Å². The van der Waals surface area contributed by atoms with Crippen LogP contribution >= 0.6 is 0 Å². The fourth-order valence-electron chi connectivity index (χ4n) is 1.51. The van der Waals surface area contributed by atoms with E-state index in [2.05, 4.69) is 4.98 Å². The van der Waals surface area contributed by atoms with Crippen molar-refractivity contribution >= 4 is 23.0 Å². The molecule has 82 valence electrons. The highest BCUT2D eigenvalue weighted by atomic mass is 16.4. The van der Waals surface area contributed by atoms with Gasteiger partial charge in [-0.2, -0.15) is 0 Å². The summed E-state index contributed by atoms with van der Waals surface area (Å²) in [6.45, 7) is 0. The predicted octanol–water partition coefficient (Wildman–Crippen LogP) is 0.970. The van der Waals surface area contributed by atoms with Gasteiger partial charge in [0, 0.05) is 18.6 Å². The van der Waals surface area contributed by atoms with Crippen molar-refractivity contribution in [3.63, 3.8) is 0 Å². The molecule has 2 N–H and O–H groups in total. The summed E-state index contributed by atoms with van der Waals surface area (Å²) in [6.07, 6.45) is 1.69. The van der Waals surface area contributed by atoms with E-state index in [-0.39, 0.29) is 5.56 Å². The Kier molecular flexibility index (Phi) is 2.12. The lowest BCUT2D eigenvalue weighted by molar-refractivity contribution is 0.0647. The van der Waals surface area contributed by atoms with Crippen molar-refractivity contribution < 1.29 is 19.8 Å². The van der Waals surface area contributed by atoms with Crippen LogP contribution < -0.4 is 0 Å². The number of carboxylic acids is 2.